The van der Waals surface area contributed by atoms with Crippen molar-refractivity contribution in [1.82, 2.24) is 9.88 Å². The Morgan fingerprint density at radius 3 is 2.30 bits per heavy atom. The number of hydrogen-bond acceptors (Lipinski definition) is 4. The lowest BCUT2D eigenvalue weighted by Crippen LogP contribution is -2.42. The third kappa shape index (κ3) is 4.37. The van der Waals surface area contributed by atoms with Gasteiger partial charge in [-0.2, -0.15) is 0 Å². The number of amides is 1. The SMILES string of the molecule is CC(C)(C)OC(=O)N1CCC(C(O)c2c(F)cncc2F)CC1. The van der Waals surface area contributed by atoms with Gasteiger partial charge in [0.2, 0.25) is 0 Å². The van der Waals surface area contributed by atoms with E-state index in [2.05, 4.69) is 4.98 Å². The average molecular weight is 328 g/mol. The Balaban J connectivity index is 1.98. The molecule has 0 aromatic carbocycles. The molecular weight excluding hydrogens is 306 g/mol. The Morgan fingerprint density at radius 1 is 1.30 bits per heavy atom. The number of ether oxygens (including phenoxy) is 1. The molecule has 2 rings (SSSR count). The van der Waals surface area contributed by atoms with Crippen molar-refractivity contribution in [3.8, 4) is 0 Å². The van der Waals surface area contributed by atoms with E-state index in [1.54, 1.807) is 25.7 Å². The first-order valence-electron chi connectivity index (χ1n) is 7.64. The van der Waals surface area contributed by atoms with E-state index in [4.69, 9.17) is 4.74 Å². The fourth-order valence-electron chi connectivity index (χ4n) is 2.66. The number of carbonyl (C=O) groups is 1. The van der Waals surface area contributed by atoms with Gasteiger partial charge in [0.25, 0.3) is 0 Å². The zero-order chi connectivity index (χ0) is 17.2. The summed E-state index contributed by atoms with van der Waals surface area (Å²) in [5, 5.41) is 10.3. The Morgan fingerprint density at radius 2 is 1.83 bits per heavy atom. The Bertz CT molecular complexity index is 547. The summed E-state index contributed by atoms with van der Waals surface area (Å²) in [5.41, 5.74) is -0.924. The number of rotatable bonds is 2. The first-order chi connectivity index (χ1) is 10.7. The summed E-state index contributed by atoms with van der Waals surface area (Å²) in [7, 11) is 0. The van der Waals surface area contributed by atoms with E-state index in [0.29, 0.717) is 25.9 Å². The van der Waals surface area contributed by atoms with Crippen molar-refractivity contribution in [2.75, 3.05) is 13.1 Å². The summed E-state index contributed by atoms with van der Waals surface area (Å²) in [4.78, 5) is 16.9. The lowest BCUT2D eigenvalue weighted by atomic mass is 9.87. The highest BCUT2D eigenvalue weighted by Gasteiger charge is 2.32. The molecule has 128 valence electrons. The fourth-order valence-corrected chi connectivity index (χ4v) is 2.66. The minimum atomic E-state index is -1.25. The molecule has 1 N–H and O–H groups in total. The number of aliphatic hydroxyl groups is 1. The normalized spacial score (nSPS) is 17.9. The standard InChI is InChI=1S/C16H22F2N2O3/c1-16(2,3)23-15(22)20-6-4-10(5-7-20)14(21)13-11(17)8-19-9-12(13)18/h8-10,14,21H,4-7H2,1-3H3. The second-order valence-corrected chi connectivity index (χ2v) is 6.77. The zero-order valence-electron chi connectivity index (χ0n) is 13.6. The Hall–Kier alpha value is -1.76. The van der Waals surface area contributed by atoms with Crippen LogP contribution < -0.4 is 0 Å². The van der Waals surface area contributed by atoms with E-state index in [1.165, 1.54) is 0 Å². The molecule has 0 spiro atoms. The zero-order valence-corrected chi connectivity index (χ0v) is 13.6. The molecule has 7 heteroatoms. The average Bonchev–Trinajstić information content (AvgIpc) is 2.45. The molecule has 1 fully saturated rings. The number of aliphatic hydroxyl groups excluding tert-OH is 1. The second kappa shape index (κ2) is 6.78. The number of carbonyl (C=O) groups excluding carboxylic acids is 1. The summed E-state index contributed by atoms with van der Waals surface area (Å²) in [6.45, 7) is 6.12. The maximum absolute atomic E-state index is 13.7. The van der Waals surface area contributed by atoms with Gasteiger partial charge < -0.3 is 14.7 Å². The van der Waals surface area contributed by atoms with E-state index in [9.17, 15) is 18.7 Å². The lowest BCUT2D eigenvalue weighted by Gasteiger charge is -2.35. The molecule has 1 saturated heterocycles. The highest BCUT2D eigenvalue weighted by molar-refractivity contribution is 5.68. The van der Waals surface area contributed by atoms with Gasteiger partial charge in [0.15, 0.2) is 0 Å². The van der Waals surface area contributed by atoms with Gasteiger partial charge in [0, 0.05) is 13.1 Å². The molecule has 0 radical (unpaired) electrons. The molecule has 1 atom stereocenters. The highest BCUT2D eigenvalue weighted by atomic mass is 19.1. The molecule has 0 aliphatic carbocycles. The van der Waals surface area contributed by atoms with Crippen molar-refractivity contribution in [1.29, 1.82) is 0 Å². The first kappa shape index (κ1) is 17.6. The van der Waals surface area contributed by atoms with Crippen molar-refractivity contribution in [3.63, 3.8) is 0 Å². The van der Waals surface area contributed by atoms with Crippen LogP contribution in [0, 0.1) is 17.6 Å². The maximum atomic E-state index is 13.7. The van der Waals surface area contributed by atoms with E-state index in [1.807, 2.05) is 0 Å². The smallest absolute Gasteiger partial charge is 0.410 e. The van der Waals surface area contributed by atoms with Gasteiger partial charge in [0.1, 0.15) is 17.2 Å². The minimum absolute atomic E-state index is 0.319. The van der Waals surface area contributed by atoms with E-state index in [-0.39, 0.29) is 11.5 Å². The van der Waals surface area contributed by atoms with Gasteiger partial charge in [-0.25, -0.2) is 13.6 Å². The monoisotopic (exact) mass is 328 g/mol. The molecule has 0 saturated carbocycles. The van der Waals surface area contributed by atoms with Crippen LogP contribution in [0.4, 0.5) is 13.6 Å². The van der Waals surface area contributed by atoms with E-state index in [0.717, 1.165) is 12.4 Å². The molecule has 5 nitrogen and oxygen atoms in total. The number of hydrogen-bond donors (Lipinski definition) is 1. The number of aromatic nitrogens is 1. The molecule has 1 aromatic rings. The molecule has 1 aromatic heterocycles. The van der Waals surface area contributed by atoms with Crippen molar-refractivity contribution < 1.29 is 23.4 Å². The number of likely N-dealkylation sites (tertiary alicyclic amines) is 1. The van der Waals surface area contributed by atoms with E-state index < -0.39 is 29.4 Å². The van der Waals surface area contributed by atoms with Crippen LogP contribution >= 0.6 is 0 Å². The highest BCUT2D eigenvalue weighted by Crippen LogP contribution is 2.33. The van der Waals surface area contributed by atoms with Crippen LogP contribution in [0.5, 0.6) is 0 Å². The predicted molar refractivity (Wildman–Crippen MR) is 79.6 cm³/mol. The van der Waals surface area contributed by atoms with Crippen LogP contribution in [0.15, 0.2) is 12.4 Å². The number of nitrogens with zero attached hydrogens (tertiary/aromatic N) is 2. The molecule has 1 amide bonds. The molecular formula is C16H22F2N2O3. The third-order valence-electron chi connectivity index (χ3n) is 3.82. The molecule has 0 bridgehead atoms. The largest absolute Gasteiger partial charge is 0.444 e. The third-order valence-corrected chi connectivity index (χ3v) is 3.82. The summed E-state index contributed by atoms with van der Waals surface area (Å²) in [5.74, 6) is -2.03. The van der Waals surface area contributed by atoms with Crippen molar-refractivity contribution in [2.45, 2.75) is 45.3 Å². The summed E-state index contributed by atoms with van der Waals surface area (Å²) in [6.07, 6.45) is 1.00. The minimum Gasteiger partial charge on any atom is -0.444 e. The predicted octanol–water partition coefficient (Wildman–Crippen LogP) is 3.04. The van der Waals surface area contributed by atoms with Crippen molar-refractivity contribution >= 4 is 6.09 Å². The maximum Gasteiger partial charge on any atom is 0.410 e. The molecule has 1 aliphatic rings. The van der Waals surface area contributed by atoms with Crippen molar-refractivity contribution in [2.24, 2.45) is 5.92 Å². The molecule has 1 unspecified atom stereocenters. The van der Waals surface area contributed by atoms with Crippen LogP contribution in [0.2, 0.25) is 0 Å². The summed E-state index contributed by atoms with van der Waals surface area (Å²) < 4.78 is 32.7. The fraction of sp³-hybridized carbons (Fsp3) is 0.625. The van der Waals surface area contributed by atoms with E-state index >= 15 is 0 Å². The van der Waals surface area contributed by atoms with Gasteiger partial charge >= 0.3 is 6.09 Å². The van der Waals surface area contributed by atoms with Crippen LogP contribution in [-0.4, -0.2) is 39.8 Å². The van der Waals surface area contributed by atoms with Crippen LogP contribution in [-0.2, 0) is 4.74 Å². The molecule has 2 heterocycles. The quantitative estimate of drug-likeness (QED) is 0.906. The molecule has 1 aliphatic heterocycles. The lowest BCUT2D eigenvalue weighted by molar-refractivity contribution is 0.00668. The first-order valence-corrected chi connectivity index (χ1v) is 7.64. The van der Waals surface area contributed by atoms with Crippen LogP contribution in [0.3, 0.4) is 0 Å². The van der Waals surface area contributed by atoms with Crippen molar-refractivity contribution in [3.05, 3.63) is 29.6 Å². The Labute approximate surface area is 134 Å². The van der Waals surface area contributed by atoms with Crippen LogP contribution in [0.25, 0.3) is 0 Å². The number of pyridine rings is 1. The Kier molecular flexibility index (Phi) is 5.19. The summed E-state index contributed by atoms with van der Waals surface area (Å²) >= 11 is 0. The van der Waals surface area contributed by atoms with Crippen LogP contribution in [0.1, 0.15) is 45.3 Å². The van der Waals surface area contributed by atoms with Gasteiger partial charge in [-0.1, -0.05) is 0 Å². The van der Waals surface area contributed by atoms with Gasteiger partial charge in [-0.05, 0) is 39.5 Å². The second-order valence-electron chi connectivity index (χ2n) is 6.77. The number of piperidine rings is 1. The summed E-state index contributed by atoms with van der Waals surface area (Å²) in [6, 6.07) is 0. The van der Waals surface area contributed by atoms with Gasteiger partial charge in [0.05, 0.1) is 24.1 Å². The number of halogens is 2. The van der Waals surface area contributed by atoms with Gasteiger partial charge in [-0.15, -0.1) is 0 Å². The topological polar surface area (TPSA) is 62.7 Å². The molecule has 23 heavy (non-hydrogen) atoms. The van der Waals surface area contributed by atoms with Gasteiger partial charge in [-0.3, -0.25) is 4.98 Å².